The van der Waals surface area contributed by atoms with Gasteiger partial charge in [-0.05, 0) is 70.7 Å². The minimum atomic E-state index is -0.653. The molecule has 3 heterocycles. The molecule has 40 heavy (non-hydrogen) atoms. The molecule has 3 aliphatic rings. The van der Waals surface area contributed by atoms with E-state index in [1.54, 1.807) is 34.6 Å². The van der Waals surface area contributed by atoms with Gasteiger partial charge in [0.1, 0.15) is 6.04 Å². The number of carbonyl (C=O) groups excluding carboxylic acids is 3. The molecule has 0 aliphatic carbocycles. The Morgan fingerprint density at radius 1 is 1.12 bits per heavy atom. The topological polar surface area (TPSA) is 90.4 Å². The van der Waals surface area contributed by atoms with Gasteiger partial charge < -0.3 is 24.5 Å². The van der Waals surface area contributed by atoms with Crippen LogP contribution >= 0.6 is 11.8 Å². The first kappa shape index (κ1) is 30.4. The van der Waals surface area contributed by atoms with Crippen LogP contribution in [0.25, 0.3) is 0 Å². The van der Waals surface area contributed by atoms with Crippen LogP contribution in [0.5, 0.6) is 0 Å². The third-order valence-corrected chi connectivity index (χ3v) is 10.7. The molecule has 0 saturated carbocycles. The first-order chi connectivity index (χ1) is 19.4. The van der Waals surface area contributed by atoms with Crippen LogP contribution in [0, 0.1) is 11.8 Å². The Morgan fingerprint density at radius 3 is 2.42 bits per heavy atom. The van der Waals surface area contributed by atoms with Crippen LogP contribution in [0.1, 0.15) is 59.3 Å². The van der Waals surface area contributed by atoms with E-state index in [4.69, 9.17) is 9.84 Å². The fourth-order valence-electron chi connectivity index (χ4n) is 6.96. The number of thioether (sulfide) groups is 1. The summed E-state index contributed by atoms with van der Waals surface area (Å²) >= 11 is 1.67. The van der Waals surface area contributed by atoms with Crippen LogP contribution in [-0.4, -0.2) is 83.2 Å². The Labute approximate surface area is 243 Å². The summed E-state index contributed by atoms with van der Waals surface area (Å²) in [6.07, 6.45) is 6.46. The highest BCUT2D eigenvalue weighted by molar-refractivity contribution is 8.02. The van der Waals surface area contributed by atoms with E-state index >= 15 is 0 Å². The fraction of sp³-hybridized carbons (Fsp3) is 0.645. The third-order valence-electron chi connectivity index (χ3n) is 8.77. The average molecular weight is 572 g/mol. The average Bonchev–Trinajstić information content (AvgIpc) is 3.60. The zero-order chi connectivity index (χ0) is 28.9. The van der Waals surface area contributed by atoms with Gasteiger partial charge in [-0.3, -0.25) is 14.4 Å². The maximum absolute atomic E-state index is 14.6. The number of carbonyl (C=O) groups is 3. The minimum absolute atomic E-state index is 0.00351. The van der Waals surface area contributed by atoms with Crippen molar-refractivity contribution in [2.24, 2.45) is 11.8 Å². The highest BCUT2D eigenvalue weighted by Gasteiger charge is 2.74. The zero-order valence-electron chi connectivity index (χ0n) is 24.2. The molecule has 4 rings (SSSR count). The predicted molar refractivity (Wildman–Crippen MR) is 161 cm³/mol. The Balaban J connectivity index is 1.68. The van der Waals surface area contributed by atoms with E-state index in [0.29, 0.717) is 13.1 Å². The normalized spacial score (nSPS) is 26.6. The first-order valence-electron chi connectivity index (χ1n) is 14.9. The lowest BCUT2D eigenvalue weighted by molar-refractivity contribution is -0.153. The molecule has 2 amide bonds. The number of hydrogen-bond donors (Lipinski definition) is 1. The Kier molecular flexibility index (Phi) is 10.2. The van der Waals surface area contributed by atoms with E-state index in [0.717, 1.165) is 63.0 Å². The number of likely N-dealkylation sites (tertiary alicyclic amines) is 1. The number of anilines is 2. The van der Waals surface area contributed by atoms with Crippen molar-refractivity contribution in [3.63, 3.8) is 0 Å². The quantitative estimate of drug-likeness (QED) is 0.191. The number of aliphatic hydroxyl groups is 1. The summed E-state index contributed by atoms with van der Waals surface area (Å²) in [6, 6.07) is 7.37. The summed E-state index contributed by atoms with van der Waals surface area (Å²) in [7, 11) is 0. The highest BCUT2D eigenvalue weighted by atomic mass is 32.2. The van der Waals surface area contributed by atoms with Crippen LogP contribution in [0.3, 0.4) is 0 Å². The van der Waals surface area contributed by atoms with Crippen LogP contribution in [-0.2, 0) is 19.1 Å². The number of amides is 2. The summed E-state index contributed by atoms with van der Waals surface area (Å²) in [6.45, 7) is 12.9. The smallest absolute Gasteiger partial charge is 0.310 e. The molecule has 1 N–H and O–H groups in total. The molecule has 1 aromatic rings. The molecule has 3 fully saturated rings. The number of hydrogen-bond acceptors (Lipinski definition) is 7. The standard InChI is InChI=1S/C31H45N3O5S/c1-5-19-33(23-15-13-22(14-16-23)32(6-2)7-3)29(37)27-31-18-17-24(40-31)25(30(38)39-8-4)26(31)28(36)34(27)20-11-9-10-12-21-35/h5,13-16,24-27,35H,1,6-12,17-21H2,2-4H3/t24-,25+,26+,27?,31?/m1/s1. The molecule has 0 aromatic heterocycles. The van der Waals surface area contributed by atoms with E-state index < -0.39 is 22.6 Å². The summed E-state index contributed by atoms with van der Waals surface area (Å²) in [4.78, 5) is 47.6. The van der Waals surface area contributed by atoms with Crippen molar-refractivity contribution in [3.8, 4) is 0 Å². The first-order valence-corrected chi connectivity index (χ1v) is 15.8. The lowest BCUT2D eigenvalue weighted by Gasteiger charge is -2.37. The maximum atomic E-state index is 14.6. The number of nitrogens with zero attached hydrogens (tertiary/aromatic N) is 3. The van der Waals surface area contributed by atoms with Crippen LogP contribution < -0.4 is 9.80 Å². The van der Waals surface area contributed by atoms with Gasteiger partial charge in [-0.25, -0.2) is 0 Å². The highest BCUT2D eigenvalue weighted by Crippen LogP contribution is 2.66. The molecule has 220 valence electrons. The van der Waals surface area contributed by atoms with Crippen molar-refractivity contribution in [2.75, 3.05) is 49.2 Å². The number of benzene rings is 1. The summed E-state index contributed by atoms with van der Waals surface area (Å²) in [5.41, 5.74) is 1.87. The summed E-state index contributed by atoms with van der Waals surface area (Å²) < 4.78 is 4.80. The number of rotatable bonds is 15. The number of esters is 1. The Bertz CT molecular complexity index is 1060. The molecule has 0 radical (unpaired) electrons. The minimum Gasteiger partial charge on any atom is -0.466 e. The van der Waals surface area contributed by atoms with Gasteiger partial charge >= 0.3 is 5.97 Å². The van der Waals surface area contributed by atoms with E-state index in [9.17, 15) is 14.4 Å². The van der Waals surface area contributed by atoms with Gasteiger partial charge in [0.25, 0.3) is 5.91 Å². The van der Waals surface area contributed by atoms with Gasteiger partial charge in [-0.15, -0.1) is 18.3 Å². The summed E-state index contributed by atoms with van der Waals surface area (Å²) in [5.74, 6) is -1.58. The van der Waals surface area contributed by atoms with Crippen molar-refractivity contribution >= 4 is 40.9 Å². The Hall–Kier alpha value is -2.52. The molecule has 3 aliphatic heterocycles. The lowest BCUT2D eigenvalue weighted by Crippen LogP contribution is -2.55. The second-order valence-corrected chi connectivity index (χ2v) is 12.5. The van der Waals surface area contributed by atoms with E-state index in [2.05, 4.69) is 25.3 Å². The van der Waals surface area contributed by atoms with Crippen molar-refractivity contribution in [3.05, 3.63) is 36.9 Å². The van der Waals surface area contributed by atoms with Crippen molar-refractivity contribution in [2.45, 2.75) is 75.3 Å². The molecule has 5 atom stereocenters. The largest absolute Gasteiger partial charge is 0.466 e. The number of fused-ring (bicyclic) bond motifs is 1. The number of aliphatic hydroxyl groups excluding tert-OH is 1. The van der Waals surface area contributed by atoms with E-state index in [1.165, 1.54) is 0 Å². The lowest BCUT2D eigenvalue weighted by atomic mass is 9.71. The van der Waals surface area contributed by atoms with Gasteiger partial charge in [0.2, 0.25) is 5.91 Å². The number of ether oxygens (including phenoxy) is 1. The maximum Gasteiger partial charge on any atom is 0.310 e. The fourth-order valence-corrected chi connectivity index (χ4v) is 9.16. The molecule has 9 heteroatoms. The Morgan fingerprint density at radius 2 is 1.80 bits per heavy atom. The van der Waals surface area contributed by atoms with E-state index in [-0.39, 0.29) is 36.2 Å². The second kappa shape index (κ2) is 13.4. The van der Waals surface area contributed by atoms with Gasteiger partial charge in [0.15, 0.2) is 0 Å². The van der Waals surface area contributed by atoms with Gasteiger partial charge in [0.05, 0.1) is 23.2 Å². The third kappa shape index (κ3) is 5.51. The number of unbranched alkanes of at least 4 members (excludes halogenated alkanes) is 3. The zero-order valence-corrected chi connectivity index (χ0v) is 25.0. The van der Waals surface area contributed by atoms with Gasteiger partial charge in [-0.2, -0.15) is 0 Å². The molecule has 2 bridgehead atoms. The van der Waals surface area contributed by atoms with Crippen molar-refractivity contribution in [1.29, 1.82) is 0 Å². The molecular formula is C31H45N3O5S. The SMILES string of the molecule is C=CCN(C(=O)C1N(CCCCCCO)C(=O)[C@@H]2[C@@H](C(=O)OCC)[C@H]3CCC12S3)c1ccc(N(CC)CC)cc1. The predicted octanol–water partition coefficient (Wildman–Crippen LogP) is 4.26. The molecule has 8 nitrogen and oxygen atoms in total. The van der Waals surface area contributed by atoms with Crippen molar-refractivity contribution < 1.29 is 24.2 Å². The van der Waals surface area contributed by atoms with Crippen LogP contribution in [0.15, 0.2) is 36.9 Å². The van der Waals surface area contributed by atoms with Gasteiger partial charge in [0, 0.05) is 49.4 Å². The molecule has 1 aromatic carbocycles. The van der Waals surface area contributed by atoms with Crippen molar-refractivity contribution in [1.82, 2.24) is 4.90 Å². The molecule has 1 spiro atoms. The molecular weight excluding hydrogens is 526 g/mol. The second-order valence-electron chi connectivity index (χ2n) is 10.9. The molecule has 3 saturated heterocycles. The molecule has 2 unspecified atom stereocenters. The monoisotopic (exact) mass is 571 g/mol. The summed E-state index contributed by atoms with van der Waals surface area (Å²) in [5, 5.41) is 9.16. The van der Waals surface area contributed by atoms with Gasteiger partial charge in [-0.1, -0.05) is 18.9 Å². The van der Waals surface area contributed by atoms with E-state index in [1.807, 2.05) is 24.3 Å². The van der Waals surface area contributed by atoms with Crippen LogP contribution in [0.4, 0.5) is 11.4 Å². The van der Waals surface area contributed by atoms with Crippen LogP contribution in [0.2, 0.25) is 0 Å².